The van der Waals surface area contributed by atoms with E-state index in [1.165, 1.54) is 20.3 Å². The second-order valence-electron chi connectivity index (χ2n) is 6.08. The van der Waals surface area contributed by atoms with Gasteiger partial charge < -0.3 is 29.4 Å². The highest BCUT2D eigenvalue weighted by molar-refractivity contribution is 6.04. The molecule has 2 heterocycles. The van der Waals surface area contributed by atoms with Crippen molar-refractivity contribution in [2.24, 2.45) is 11.7 Å². The summed E-state index contributed by atoms with van der Waals surface area (Å²) in [5.74, 6) is -0.910. The zero-order valence-corrected chi connectivity index (χ0v) is 15.1. The van der Waals surface area contributed by atoms with E-state index in [-0.39, 0.29) is 18.5 Å². The molecule has 0 spiro atoms. The second-order valence-corrected chi connectivity index (χ2v) is 6.08. The SMILES string of the molecule is COC1=C(N)C2C=CC(=O)c3cccc(c3)OCOC1(OC)C(OC)C2. The Balaban J connectivity index is 2.11. The summed E-state index contributed by atoms with van der Waals surface area (Å²) in [5, 5.41) is 0. The zero-order chi connectivity index (χ0) is 18.7. The first-order valence-corrected chi connectivity index (χ1v) is 8.27. The lowest BCUT2D eigenvalue weighted by molar-refractivity contribution is -0.293. The number of nitrogens with two attached hydrogens (primary N) is 1. The van der Waals surface area contributed by atoms with Gasteiger partial charge in [-0.3, -0.25) is 4.79 Å². The standard InChI is InChI=1S/C19H23NO6/c1-22-16-10-13-7-8-15(21)12-5-4-6-14(9-12)25-11-26-19(16,24-3)18(23-2)17(13)20/h4-9,13,16H,10-11,20H2,1-3H3. The van der Waals surface area contributed by atoms with E-state index in [4.69, 9.17) is 29.4 Å². The van der Waals surface area contributed by atoms with Crippen LogP contribution in [-0.4, -0.2) is 45.8 Å². The highest BCUT2D eigenvalue weighted by atomic mass is 16.8. The first-order chi connectivity index (χ1) is 12.6. The molecule has 4 rings (SSSR count). The van der Waals surface area contributed by atoms with E-state index < -0.39 is 11.9 Å². The van der Waals surface area contributed by atoms with E-state index in [0.717, 1.165) is 0 Å². The average Bonchev–Trinajstić information content (AvgIpc) is 2.67. The number of hydrogen-bond acceptors (Lipinski definition) is 7. The van der Waals surface area contributed by atoms with E-state index in [2.05, 4.69) is 0 Å². The van der Waals surface area contributed by atoms with Gasteiger partial charge in [0.05, 0.1) is 12.8 Å². The third-order valence-electron chi connectivity index (χ3n) is 4.76. The van der Waals surface area contributed by atoms with Crippen molar-refractivity contribution < 1.29 is 28.5 Å². The number of carbonyl (C=O) groups is 1. The van der Waals surface area contributed by atoms with Gasteiger partial charge in [-0.05, 0) is 24.6 Å². The molecule has 26 heavy (non-hydrogen) atoms. The van der Waals surface area contributed by atoms with Crippen LogP contribution in [0.4, 0.5) is 0 Å². The van der Waals surface area contributed by atoms with Crippen molar-refractivity contribution in [3.8, 4) is 5.75 Å². The smallest absolute Gasteiger partial charge is 0.259 e. The van der Waals surface area contributed by atoms with Crippen LogP contribution in [0, 0.1) is 5.92 Å². The van der Waals surface area contributed by atoms with Gasteiger partial charge in [0.1, 0.15) is 11.9 Å². The molecule has 0 saturated heterocycles. The number of methoxy groups -OCH3 is 3. The van der Waals surface area contributed by atoms with Crippen molar-refractivity contribution in [1.82, 2.24) is 0 Å². The number of benzene rings is 1. The van der Waals surface area contributed by atoms with E-state index in [1.54, 1.807) is 37.5 Å². The number of rotatable bonds is 3. The van der Waals surface area contributed by atoms with Crippen LogP contribution in [0.15, 0.2) is 47.9 Å². The van der Waals surface area contributed by atoms with Crippen LogP contribution in [0.2, 0.25) is 0 Å². The Kier molecular flexibility index (Phi) is 5.31. The van der Waals surface area contributed by atoms with Crippen molar-refractivity contribution in [3.63, 3.8) is 0 Å². The van der Waals surface area contributed by atoms with Crippen LogP contribution in [0.5, 0.6) is 5.75 Å². The van der Waals surface area contributed by atoms with Gasteiger partial charge in [0.25, 0.3) is 5.79 Å². The predicted octanol–water partition coefficient (Wildman–Crippen LogP) is 1.99. The van der Waals surface area contributed by atoms with Crippen LogP contribution in [0.3, 0.4) is 0 Å². The van der Waals surface area contributed by atoms with Crippen molar-refractivity contribution in [2.45, 2.75) is 18.3 Å². The molecule has 1 aromatic carbocycles. The summed E-state index contributed by atoms with van der Waals surface area (Å²) >= 11 is 0. The molecule has 3 unspecified atom stereocenters. The summed E-state index contributed by atoms with van der Waals surface area (Å²) < 4.78 is 28.4. The summed E-state index contributed by atoms with van der Waals surface area (Å²) in [6, 6.07) is 6.89. The number of ether oxygens (including phenoxy) is 5. The highest BCUT2D eigenvalue weighted by Gasteiger charge is 2.52. The molecule has 0 radical (unpaired) electrons. The van der Waals surface area contributed by atoms with E-state index in [0.29, 0.717) is 29.2 Å². The lowest BCUT2D eigenvalue weighted by atomic mass is 9.84. The predicted molar refractivity (Wildman–Crippen MR) is 93.4 cm³/mol. The summed E-state index contributed by atoms with van der Waals surface area (Å²) in [6.07, 6.45) is 3.22. The minimum absolute atomic E-state index is 0.135. The maximum absolute atomic E-state index is 12.5. The van der Waals surface area contributed by atoms with Gasteiger partial charge >= 0.3 is 0 Å². The quantitative estimate of drug-likeness (QED) is 0.880. The van der Waals surface area contributed by atoms with Crippen LogP contribution < -0.4 is 10.5 Å². The molecular weight excluding hydrogens is 338 g/mol. The highest BCUT2D eigenvalue weighted by Crippen LogP contribution is 2.41. The van der Waals surface area contributed by atoms with Gasteiger partial charge in [-0.25, -0.2) is 0 Å². The van der Waals surface area contributed by atoms with Gasteiger partial charge in [-0.15, -0.1) is 0 Å². The molecule has 0 fully saturated rings. The molecule has 2 aliphatic heterocycles. The van der Waals surface area contributed by atoms with Crippen molar-refractivity contribution in [1.29, 1.82) is 0 Å². The van der Waals surface area contributed by atoms with Crippen molar-refractivity contribution >= 4 is 5.78 Å². The molecule has 2 N–H and O–H groups in total. The van der Waals surface area contributed by atoms with Crippen molar-refractivity contribution in [2.75, 3.05) is 28.1 Å². The number of carbonyl (C=O) groups excluding carboxylic acids is 1. The Morgan fingerprint density at radius 1 is 1.27 bits per heavy atom. The lowest BCUT2D eigenvalue weighted by Crippen LogP contribution is -2.55. The van der Waals surface area contributed by atoms with Crippen LogP contribution in [0.25, 0.3) is 0 Å². The molecule has 1 aliphatic carbocycles. The molecule has 7 heteroatoms. The molecule has 0 saturated carbocycles. The van der Waals surface area contributed by atoms with E-state index in [1.807, 2.05) is 0 Å². The maximum Gasteiger partial charge on any atom is 0.259 e. The molecule has 4 bridgehead atoms. The summed E-state index contributed by atoms with van der Waals surface area (Å²) in [4.78, 5) is 12.5. The summed E-state index contributed by atoms with van der Waals surface area (Å²) in [5.41, 5.74) is 7.27. The molecule has 140 valence electrons. The van der Waals surface area contributed by atoms with Crippen molar-refractivity contribution in [3.05, 3.63) is 53.4 Å². The molecule has 0 aromatic heterocycles. The van der Waals surface area contributed by atoms with Gasteiger partial charge in [0.2, 0.25) is 0 Å². The molecule has 7 nitrogen and oxygen atoms in total. The first-order valence-electron chi connectivity index (χ1n) is 8.27. The van der Waals surface area contributed by atoms with Gasteiger partial charge in [-0.1, -0.05) is 18.2 Å². The Bertz CT molecular complexity index is 743. The third kappa shape index (κ3) is 3.09. The molecule has 1 aromatic rings. The number of allylic oxidation sites excluding steroid dienone is 2. The fourth-order valence-corrected chi connectivity index (χ4v) is 3.39. The number of hydrogen-bond donors (Lipinski definition) is 1. The Labute approximate surface area is 152 Å². The second kappa shape index (κ2) is 7.49. The van der Waals surface area contributed by atoms with E-state index >= 15 is 0 Å². The summed E-state index contributed by atoms with van der Waals surface area (Å²) in [7, 11) is 4.55. The Hall–Kier alpha value is -2.35. The van der Waals surface area contributed by atoms with Crippen LogP contribution in [0.1, 0.15) is 16.8 Å². The zero-order valence-electron chi connectivity index (χ0n) is 15.1. The van der Waals surface area contributed by atoms with Gasteiger partial charge in [0, 0.05) is 25.7 Å². The van der Waals surface area contributed by atoms with E-state index in [9.17, 15) is 4.79 Å². The first kappa shape index (κ1) is 18.4. The number of ketones is 1. The topological polar surface area (TPSA) is 89.2 Å². The molecule has 3 atom stereocenters. The third-order valence-corrected chi connectivity index (χ3v) is 4.76. The van der Waals surface area contributed by atoms with Gasteiger partial charge in [-0.2, -0.15) is 0 Å². The largest absolute Gasteiger partial charge is 0.494 e. The maximum atomic E-state index is 12.5. The molecule has 0 amide bonds. The Morgan fingerprint density at radius 2 is 2.08 bits per heavy atom. The lowest BCUT2D eigenvalue weighted by Gasteiger charge is -2.43. The normalized spacial score (nSPS) is 28.8. The minimum Gasteiger partial charge on any atom is -0.494 e. The minimum atomic E-state index is -1.34. The van der Waals surface area contributed by atoms with Crippen LogP contribution >= 0.6 is 0 Å². The monoisotopic (exact) mass is 361 g/mol. The van der Waals surface area contributed by atoms with Crippen LogP contribution in [-0.2, 0) is 18.9 Å². The average molecular weight is 361 g/mol. The number of fused-ring (bicyclic) bond motifs is 4. The fraction of sp³-hybridized carbons (Fsp3) is 0.421. The fourth-order valence-electron chi connectivity index (χ4n) is 3.39. The molecule has 3 aliphatic rings. The Morgan fingerprint density at radius 3 is 2.77 bits per heavy atom. The molecular formula is C19H23NO6. The summed E-state index contributed by atoms with van der Waals surface area (Å²) in [6.45, 7) is -0.135. The van der Waals surface area contributed by atoms with Gasteiger partial charge in [0.15, 0.2) is 18.3 Å².